The SMILES string of the molecule is NCC(=O)NCC(=O)NCC(=O)NCCc1c[nH]c2ccc(OCc3ccccc3)cc12. The summed E-state index contributed by atoms with van der Waals surface area (Å²) in [6.07, 6.45) is 2.54. The lowest BCUT2D eigenvalue weighted by Gasteiger charge is -2.08. The van der Waals surface area contributed by atoms with Crippen molar-refractivity contribution < 1.29 is 19.1 Å². The van der Waals surface area contributed by atoms with E-state index >= 15 is 0 Å². The smallest absolute Gasteiger partial charge is 0.239 e. The summed E-state index contributed by atoms with van der Waals surface area (Å²) in [6, 6.07) is 15.8. The Bertz CT molecular complexity index is 1060. The third kappa shape index (κ3) is 6.85. The molecule has 0 aliphatic heterocycles. The van der Waals surface area contributed by atoms with Crippen LogP contribution in [-0.2, 0) is 27.4 Å². The Morgan fingerprint density at radius 3 is 2.38 bits per heavy atom. The molecule has 2 aromatic carbocycles. The number of carbonyl (C=O) groups is 3. The summed E-state index contributed by atoms with van der Waals surface area (Å²) < 4.78 is 5.91. The van der Waals surface area contributed by atoms with Crippen LogP contribution in [0.2, 0.25) is 0 Å². The van der Waals surface area contributed by atoms with Crippen LogP contribution in [0.15, 0.2) is 54.7 Å². The summed E-state index contributed by atoms with van der Waals surface area (Å²) in [6.45, 7) is 0.336. The van der Waals surface area contributed by atoms with Crippen molar-refractivity contribution in [3.63, 3.8) is 0 Å². The van der Waals surface area contributed by atoms with E-state index in [1.807, 2.05) is 54.7 Å². The Balaban J connectivity index is 1.45. The van der Waals surface area contributed by atoms with Crippen LogP contribution in [0.1, 0.15) is 11.1 Å². The fourth-order valence-corrected chi connectivity index (χ4v) is 3.09. The van der Waals surface area contributed by atoms with Gasteiger partial charge in [0.2, 0.25) is 17.7 Å². The minimum absolute atomic E-state index is 0.164. The Morgan fingerprint density at radius 1 is 0.906 bits per heavy atom. The lowest BCUT2D eigenvalue weighted by atomic mass is 10.1. The summed E-state index contributed by atoms with van der Waals surface area (Å²) in [5.41, 5.74) is 8.28. The minimum Gasteiger partial charge on any atom is -0.489 e. The number of aromatic nitrogens is 1. The van der Waals surface area contributed by atoms with Crippen molar-refractivity contribution in [2.24, 2.45) is 5.73 Å². The molecular weight excluding hydrogens is 410 g/mol. The van der Waals surface area contributed by atoms with E-state index in [1.165, 1.54) is 0 Å². The summed E-state index contributed by atoms with van der Waals surface area (Å²) in [7, 11) is 0. The van der Waals surface area contributed by atoms with Crippen molar-refractivity contribution in [1.29, 1.82) is 0 Å². The highest BCUT2D eigenvalue weighted by molar-refractivity contribution is 5.88. The molecule has 3 aromatic rings. The monoisotopic (exact) mass is 437 g/mol. The molecule has 0 aliphatic rings. The zero-order chi connectivity index (χ0) is 22.8. The van der Waals surface area contributed by atoms with Crippen molar-refractivity contribution in [3.05, 3.63) is 65.9 Å². The van der Waals surface area contributed by atoms with Crippen molar-refractivity contribution in [1.82, 2.24) is 20.9 Å². The van der Waals surface area contributed by atoms with E-state index in [1.54, 1.807) is 0 Å². The summed E-state index contributed by atoms with van der Waals surface area (Å²) in [5, 5.41) is 8.58. The molecule has 3 rings (SSSR count). The second kappa shape index (κ2) is 11.5. The Kier molecular flexibility index (Phi) is 8.22. The number of hydrogen-bond acceptors (Lipinski definition) is 5. The van der Waals surface area contributed by atoms with E-state index in [2.05, 4.69) is 20.9 Å². The first-order chi connectivity index (χ1) is 15.5. The fraction of sp³-hybridized carbons (Fsp3) is 0.261. The number of fused-ring (bicyclic) bond motifs is 1. The Hall–Kier alpha value is -3.85. The highest BCUT2D eigenvalue weighted by Gasteiger charge is 2.09. The van der Waals surface area contributed by atoms with Gasteiger partial charge in [-0.3, -0.25) is 14.4 Å². The molecule has 0 fully saturated rings. The van der Waals surface area contributed by atoms with Crippen molar-refractivity contribution in [2.45, 2.75) is 13.0 Å². The molecule has 168 valence electrons. The Labute approximate surface area is 185 Å². The van der Waals surface area contributed by atoms with Crippen molar-refractivity contribution >= 4 is 28.6 Å². The molecule has 1 heterocycles. The van der Waals surface area contributed by atoms with Gasteiger partial charge in [-0.1, -0.05) is 30.3 Å². The first-order valence-corrected chi connectivity index (χ1v) is 10.3. The van der Waals surface area contributed by atoms with Crippen LogP contribution >= 0.6 is 0 Å². The fourth-order valence-electron chi connectivity index (χ4n) is 3.09. The molecular formula is C23H27N5O4. The second-order valence-electron chi connectivity index (χ2n) is 7.15. The van der Waals surface area contributed by atoms with Crippen LogP contribution in [0.25, 0.3) is 10.9 Å². The molecule has 6 N–H and O–H groups in total. The normalized spacial score (nSPS) is 10.5. The third-order valence-corrected chi connectivity index (χ3v) is 4.78. The molecule has 32 heavy (non-hydrogen) atoms. The zero-order valence-corrected chi connectivity index (χ0v) is 17.6. The second-order valence-corrected chi connectivity index (χ2v) is 7.15. The third-order valence-electron chi connectivity index (χ3n) is 4.78. The summed E-state index contributed by atoms with van der Waals surface area (Å²) in [4.78, 5) is 37.8. The number of nitrogens with two attached hydrogens (primary N) is 1. The maximum Gasteiger partial charge on any atom is 0.239 e. The van der Waals surface area contributed by atoms with Gasteiger partial charge in [0.1, 0.15) is 12.4 Å². The predicted molar refractivity (Wildman–Crippen MR) is 121 cm³/mol. The maximum absolute atomic E-state index is 11.9. The van der Waals surface area contributed by atoms with Crippen LogP contribution in [0, 0.1) is 0 Å². The van der Waals surface area contributed by atoms with Gasteiger partial charge >= 0.3 is 0 Å². The van der Waals surface area contributed by atoms with Gasteiger partial charge in [-0.25, -0.2) is 0 Å². The molecule has 0 atom stereocenters. The van der Waals surface area contributed by atoms with Gasteiger partial charge in [-0.05, 0) is 35.7 Å². The molecule has 0 saturated heterocycles. The molecule has 0 saturated carbocycles. The molecule has 9 heteroatoms. The van der Waals surface area contributed by atoms with Crippen molar-refractivity contribution in [2.75, 3.05) is 26.2 Å². The number of nitrogens with one attached hydrogen (secondary N) is 4. The summed E-state index contributed by atoms with van der Waals surface area (Å²) >= 11 is 0. The van der Waals surface area contributed by atoms with Gasteiger partial charge in [-0.2, -0.15) is 0 Å². The minimum atomic E-state index is -0.457. The Morgan fingerprint density at radius 2 is 1.62 bits per heavy atom. The van der Waals surface area contributed by atoms with E-state index in [9.17, 15) is 14.4 Å². The topological polar surface area (TPSA) is 138 Å². The van der Waals surface area contributed by atoms with Gasteiger partial charge in [0.05, 0.1) is 19.6 Å². The standard InChI is InChI=1S/C23H27N5O4/c24-11-21(29)27-14-23(31)28-13-22(30)25-9-8-17-12-26-20-7-6-18(10-19(17)20)32-15-16-4-2-1-3-5-16/h1-7,10,12,26H,8-9,11,13-15,24H2,(H,25,30)(H,27,29)(H,28,31). The number of hydrogen-bond donors (Lipinski definition) is 5. The number of carbonyl (C=O) groups excluding carboxylic acids is 3. The van der Waals surface area contributed by atoms with Gasteiger partial charge in [-0.15, -0.1) is 0 Å². The quantitative estimate of drug-likeness (QED) is 0.299. The highest BCUT2D eigenvalue weighted by Crippen LogP contribution is 2.24. The largest absolute Gasteiger partial charge is 0.489 e. The van der Waals surface area contributed by atoms with E-state index in [-0.39, 0.29) is 25.5 Å². The van der Waals surface area contributed by atoms with Gasteiger partial charge in [0, 0.05) is 23.6 Å². The average molecular weight is 438 g/mol. The molecule has 0 aliphatic carbocycles. The first kappa shape index (κ1) is 22.8. The highest BCUT2D eigenvalue weighted by atomic mass is 16.5. The predicted octanol–water partition coefficient (Wildman–Crippen LogP) is 0.597. The maximum atomic E-state index is 11.9. The van der Waals surface area contributed by atoms with Crippen LogP contribution < -0.4 is 26.4 Å². The number of benzene rings is 2. The van der Waals surface area contributed by atoms with Crippen LogP contribution in [0.4, 0.5) is 0 Å². The van der Waals surface area contributed by atoms with Gasteiger partial charge in [0.15, 0.2) is 0 Å². The van der Waals surface area contributed by atoms with E-state index in [0.29, 0.717) is 19.6 Å². The average Bonchev–Trinajstić information content (AvgIpc) is 3.22. The molecule has 1 aromatic heterocycles. The molecule has 9 nitrogen and oxygen atoms in total. The number of aromatic amines is 1. The van der Waals surface area contributed by atoms with Crippen LogP contribution in [0.5, 0.6) is 5.75 Å². The van der Waals surface area contributed by atoms with Gasteiger partial charge in [0.25, 0.3) is 0 Å². The first-order valence-electron chi connectivity index (χ1n) is 10.3. The molecule has 0 unspecified atom stereocenters. The molecule has 0 spiro atoms. The number of amides is 3. The van der Waals surface area contributed by atoms with E-state index < -0.39 is 11.8 Å². The number of ether oxygens (including phenoxy) is 1. The zero-order valence-electron chi connectivity index (χ0n) is 17.6. The lowest BCUT2D eigenvalue weighted by Crippen LogP contribution is -2.43. The van der Waals surface area contributed by atoms with Crippen LogP contribution in [-0.4, -0.2) is 48.9 Å². The number of rotatable bonds is 11. The summed E-state index contributed by atoms with van der Waals surface area (Å²) in [5.74, 6) is -0.426. The lowest BCUT2D eigenvalue weighted by molar-refractivity contribution is -0.127. The van der Waals surface area contributed by atoms with E-state index in [4.69, 9.17) is 10.5 Å². The molecule has 0 radical (unpaired) electrons. The molecule has 3 amide bonds. The van der Waals surface area contributed by atoms with E-state index in [0.717, 1.165) is 27.8 Å². The van der Waals surface area contributed by atoms with Crippen LogP contribution in [0.3, 0.4) is 0 Å². The van der Waals surface area contributed by atoms with Crippen molar-refractivity contribution in [3.8, 4) is 5.75 Å². The molecule has 0 bridgehead atoms. The number of H-pyrrole nitrogens is 1. The van der Waals surface area contributed by atoms with Gasteiger partial charge < -0.3 is 31.4 Å².